The highest BCUT2D eigenvalue weighted by atomic mass is 32.2. The molecule has 1 aromatic rings. The monoisotopic (exact) mass is 273 g/mol. The Hall–Kier alpha value is -1.54. The Balaban J connectivity index is 2.48. The topological polar surface area (TPSA) is 80.8 Å². The Morgan fingerprint density at radius 3 is 2.59 bits per heavy atom. The number of rotatable bonds is 2. The molecule has 2 rings (SSSR count). The van der Waals surface area contributed by atoms with Crippen molar-refractivity contribution < 1.29 is 22.8 Å². The number of sulfonamides is 1. The van der Waals surface area contributed by atoms with Gasteiger partial charge in [0.05, 0.1) is 11.3 Å². The summed E-state index contributed by atoms with van der Waals surface area (Å²) in [6, 6.07) is 5.63. The second-order valence-corrected chi connectivity index (χ2v) is 5.19. The molecule has 1 aliphatic heterocycles. The van der Waals surface area contributed by atoms with Gasteiger partial charge in [0, 0.05) is 0 Å². The Morgan fingerprint density at radius 1 is 1.35 bits per heavy atom. The average Bonchev–Trinajstić information content (AvgIpc) is 2.51. The third-order valence-corrected chi connectivity index (χ3v) is 3.94. The normalized spacial score (nSPS) is 16.8. The van der Waals surface area contributed by atoms with Gasteiger partial charge in [-0.25, -0.2) is 4.79 Å². The second-order valence-electron chi connectivity index (χ2n) is 3.15. The lowest BCUT2D eigenvalue weighted by molar-refractivity contribution is -0.159. The zero-order chi connectivity index (χ0) is 12.6. The summed E-state index contributed by atoms with van der Waals surface area (Å²) >= 11 is 3.63. The van der Waals surface area contributed by atoms with E-state index in [1.807, 2.05) is 0 Å². The fourth-order valence-electron chi connectivity index (χ4n) is 1.38. The molecular formula is C9H7NO5S2. The van der Waals surface area contributed by atoms with Crippen LogP contribution in [0.15, 0.2) is 29.2 Å². The van der Waals surface area contributed by atoms with Gasteiger partial charge in [-0.15, -0.1) is 0 Å². The molecule has 0 aliphatic carbocycles. The first-order valence-corrected chi connectivity index (χ1v) is 6.56. The molecule has 6 nitrogen and oxygen atoms in total. The van der Waals surface area contributed by atoms with Gasteiger partial charge in [0.2, 0.25) is 0 Å². The van der Waals surface area contributed by atoms with Crippen LogP contribution in [0.5, 0.6) is 0 Å². The number of thiol groups is 1. The summed E-state index contributed by atoms with van der Waals surface area (Å²) in [6.45, 7) is 0. The van der Waals surface area contributed by atoms with Crippen LogP contribution in [0.4, 0.5) is 0 Å². The van der Waals surface area contributed by atoms with E-state index in [-0.39, 0.29) is 20.7 Å². The first-order valence-electron chi connectivity index (χ1n) is 4.49. The van der Waals surface area contributed by atoms with E-state index in [0.29, 0.717) is 0 Å². The minimum atomic E-state index is -4.09. The number of fused-ring (bicyclic) bond motifs is 1. The Kier molecular flexibility index (Phi) is 2.84. The Morgan fingerprint density at radius 2 is 2.00 bits per heavy atom. The number of carbonyl (C=O) groups excluding carboxylic acids is 2. The smallest absolute Gasteiger partial charge is 0.321 e. The van der Waals surface area contributed by atoms with Crippen molar-refractivity contribution in [2.75, 3.05) is 5.75 Å². The van der Waals surface area contributed by atoms with E-state index in [9.17, 15) is 18.0 Å². The van der Waals surface area contributed by atoms with Crippen LogP contribution >= 0.6 is 12.6 Å². The van der Waals surface area contributed by atoms with Crippen LogP contribution in [-0.4, -0.2) is 30.5 Å². The van der Waals surface area contributed by atoms with E-state index in [2.05, 4.69) is 17.5 Å². The van der Waals surface area contributed by atoms with Crippen LogP contribution in [0, 0.1) is 0 Å². The molecule has 0 N–H and O–H groups in total. The van der Waals surface area contributed by atoms with Crippen molar-refractivity contribution in [3.05, 3.63) is 29.8 Å². The molecule has 0 radical (unpaired) electrons. The van der Waals surface area contributed by atoms with Gasteiger partial charge in [-0.1, -0.05) is 12.1 Å². The molecule has 1 aromatic carbocycles. The van der Waals surface area contributed by atoms with E-state index in [4.69, 9.17) is 0 Å². The molecule has 0 saturated carbocycles. The summed E-state index contributed by atoms with van der Waals surface area (Å²) in [7, 11) is -4.09. The minimum Gasteiger partial charge on any atom is -0.321 e. The third kappa shape index (κ3) is 1.79. The summed E-state index contributed by atoms with van der Waals surface area (Å²) in [5.74, 6) is -2.12. The number of benzene rings is 1. The van der Waals surface area contributed by atoms with Crippen LogP contribution in [-0.2, 0) is 19.7 Å². The predicted octanol–water partition coefficient (Wildman–Crippen LogP) is 0.219. The number of nitrogens with zero attached hydrogens (tertiary/aromatic N) is 1. The molecule has 1 amide bonds. The molecule has 0 aromatic heterocycles. The van der Waals surface area contributed by atoms with Gasteiger partial charge in [0.15, 0.2) is 0 Å². The molecule has 0 saturated heterocycles. The van der Waals surface area contributed by atoms with Gasteiger partial charge in [-0.05, 0) is 16.6 Å². The van der Waals surface area contributed by atoms with Crippen molar-refractivity contribution in [1.82, 2.24) is 4.47 Å². The lowest BCUT2D eigenvalue weighted by Crippen LogP contribution is -2.33. The van der Waals surface area contributed by atoms with Gasteiger partial charge >= 0.3 is 11.9 Å². The van der Waals surface area contributed by atoms with Crippen molar-refractivity contribution in [2.24, 2.45) is 0 Å². The van der Waals surface area contributed by atoms with E-state index in [0.717, 1.165) is 0 Å². The molecule has 90 valence electrons. The number of hydrogen-bond acceptors (Lipinski definition) is 6. The number of amides is 1. The summed E-state index contributed by atoms with van der Waals surface area (Å²) < 4.78 is 23.8. The van der Waals surface area contributed by atoms with E-state index < -0.39 is 21.9 Å². The maximum Gasteiger partial charge on any atom is 0.343 e. The lowest BCUT2D eigenvalue weighted by atomic mass is 10.2. The molecule has 0 unspecified atom stereocenters. The molecule has 1 aliphatic rings. The van der Waals surface area contributed by atoms with Crippen molar-refractivity contribution in [1.29, 1.82) is 0 Å². The maximum atomic E-state index is 11.8. The molecule has 17 heavy (non-hydrogen) atoms. The van der Waals surface area contributed by atoms with E-state index >= 15 is 0 Å². The molecule has 1 heterocycles. The molecule has 0 atom stereocenters. The summed E-state index contributed by atoms with van der Waals surface area (Å²) in [4.78, 5) is 27.0. The third-order valence-electron chi connectivity index (χ3n) is 2.09. The van der Waals surface area contributed by atoms with Gasteiger partial charge < -0.3 is 4.84 Å². The lowest BCUT2D eigenvalue weighted by Gasteiger charge is -2.12. The van der Waals surface area contributed by atoms with Crippen molar-refractivity contribution in [3.63, 3.8) is 0 Å². The van der Waals surface area contributed by atoms with Crippen LogP contribution in [0.25, 0.3) is 0 Å². The highest BCUT2D eigenvalue weighted by Gasteiger charge is 2.44. The van der Waals surface area contributed by atoms with Gasteiger partial charge in [0.1, 0.15) is 4.90 Å². The van der Waals surface area contributed by atoms with E-state index in [1.54, 1.807) is 0 Å². The largest absolute Gasteiger partial charge is 0.343 e. The predicted molar refractivity (Wildman–Crippen MR) is 59.7 cm³/mol. The highest BCUT2D eigenvalue weighted by Crippen LogP contribution is 2.29. The SMILES string of the molecule is O=C(CS)ON1C(=O)c2ccccc2S1(=O)=O. The zero-order valence-electron chi connectivity index (χ0n) is 8.36. The van der Waals surface area contributed by atoms with Crippen LogP contribution in [0.1, 0.15) is 10.4 Å². The van der Waals surface area contributed by atoms with Crippen LogP contribution < -0.4 is 0 Å². The Bertz CT molecular complexity index is 595. The number of hydrogen-bond donors (Lipinski definition) is 1. The molecule has 0 bridgehead atoms. The standard InChI is InChI=1S/C9H7NO5S2/c11-8(5-16)15-10-9(12)6-3-1-2-4-7(6)17(10,13)14/h1-4,16H,5H2. The first-order chi connectivity index (χ1) is 7.98. The quantitative estimate of drug-likeness (QED) is 0.780. The molecule has 0 fully saturated rings. The molecular weight excluding hydrogens is 266 g/mol. The number of carbonyl (C=O) groups is 2. The van der Waals surface area contributed by atoms with Gasteiger partial charge in [-0.3, -0.25) is 4.79 Å². The summed E-state index contributed by atoms with van der Waals surface area (Å²) in [5.41, 5.74) is -0.0144. The van der Waals surface area contributed by atoms with Gasteiger partial charge in [0.25, 0.3) is 10.0 Å². The maximum absolute atomic E-state index is 11.8. The average molecular weight is 273 g/mol. The van der Waals surface area contributed by atoms with Crippen molar-refractivity contribution >= 4 is 34.5 Å². The summed E-state index contributed by atoms with van der Waals surface area (Å²) in [5, 5.41) is 0. The first kappa shape index (κ1) is 11.9. The van der Waals surface area contributed by atoms with Crippen molar-refractivity contribution in [2.45, 2.75) is 4.90 Å². The van der Waals surface area contributed by atoms with Gasteiger partial charge in [-0.2, -0.15) is 21.0 Å². The fraction of sp³-hybridized carbons (Fsp3) is 0.111. The molecule has 0 spiro atoms. The van der Waals surface area contributed by atoms with E-state index in [1.165, 1.54) is 24.3 Å². The van der Waals surface area contributed by atoms with Crippen LogP contribution in [0.3, 0.4) is 0 Å². The summed E-state index contributed by atoms with van der Waals surface area (Å²) in [6.07, 6.45) is 0. The zero-order valence-corrected chi connectivity index (χ0v) is 10.1. The second kappa shape index (κ2) is 4.04. The van der Waals surface area contributed by atoms with Crippen molar-refractivity contribution in [3.8, 4) is 0 Å². The van der Waals surface area contributed by atoms with Crippen LogP contribution in [0.2, 0.25) is 0 Å². The number of hydroxylamine groups is 1. The minimum absolute atomic E-state index is 0.0144. The molecule has 8 heteroatoms. The Labute approximate surface area is 103 Å². The fourth-order valence-corrected chi connectivity index (χ4v) is 2.80. The highest BCUT2D eigenvalue weighted by molar-refractivity contribution is 7.90.